The molecule has 8 heteroatoms. The Kier molecular flexibility index (Phi) is 4.73. The summed E-state index contributed by atoms with van der Waals surface area (Å²) in [5.74, 6) is -5.44. The average Bonchev–Trinajstić information content (AvgIpc) is 2.53. The number of esters is 1. The van der Waals surface area contributed by atoms with Crippen molar-refractivity contribution < 1.29 is 27.8 Å². The molecular formula is C15H14F2N2O4. The molecule has 2 aromatic rings. The SMILES string of the molecule is COC(=O)c1c(OC)nc(C(C)(F)F)nc1Oc1ccccc1. The highest BCUT2D eigenvalue weighted by molar-refractivity contribution is 5.94. The highest BCUT2D eigenvalue weighted by Gasteiger charge is 2.34. The van der Waals surface area contributed by atoms with Crippen LogP contribution in [0.25, 0.3) is 0 Å². The van der Waals surface area contributed by atoms with Crippen LogP contribution in [0.15, 0.2) is 30.3 Å². The van der Waals surface area contributed by atoms with Crippen LogP contribution in [-0.2, 0) is 10.7 Å². The van der Waals surface area contributed by atoms with Crippen molar-refractivity contribution >= 4 is 5.97 Å². The number of hydrogen-bond acceptors (Lipinski definition) is 6. The first kappa shape index (κ1) is 16.6. The van der Waals surface area contributed by atoms with Gasteiger partial charge in [0.1, 0.15) is 5.75 Å². The first-order chi connectivity index (χ1) is 10.9. The molecule has 23 heavy (non-hydrogen) atoms. The van der Waals surface area contributed by atoms with Crippen LogP contribution in [0, 0.1) is 0 Å². The summed E-state index contributed by atoms with van der Waals surface area (Å²) in [6.45, 7) is 0.631. The molecule has 122 valence electrons. The lowest BCUT2D eigenvalue weighted by molar-refractivity contribution is 0.00630. The first-order valence-electron chi connectivity index (χ1n) is 6.52. The van der Waals surface area contributed by atoms with Crippen LogP contribution in [-0.4, -0.2) is 30.2 Å². The van der Waals surface area contributed by atoms with Crippen LogP contribution in [0.4, 0.5) is 8.78 Å². The molecule has 0 saturated carbocycles. The summed E-state index contributed by atoms with van der Waals surface area (Å²) in [7, 11) is 2.33. The van der Waals surface area contributed by atoms with Gasteiger partial charge in [-0.25, -0.2) is 4.79 Å². The average molecular weight is 324 g/mol. The number of halogens is 2. The van der Waals surface area contributed by atoms with Gasteiger partial charge in [0.15, 0.2) is 5.56 Å². The predicted molar refractivity (Wildman–Crippen MR) is 76.0 cm³/mol. The Labute approximate surface area is 131 Å². The van der Waals surface area contributed by atoms with Gasteiger partial charge < -0.3 is 14.2 Å². The van der Waals surface area contributed by atoms with E-state index in [-0.39, 0.29) is 17.3 Å². The van der Waals surface area contributed by atoms with Crippen molar-refractivity contribution in [2.75, 3.05) is 14.2 Å². The third-order valence-electron chi connectivity index (χ3n) is 2.78. The molecule has 0 radical (unpaired) electrons. The third kappa shape index (κ3) is 3.71. The number of hydrogen-bond donors (Lipinski definition) is 0. The predicted octanol–water partition coefficient (Wildman–Crippen LogP) is 3.18. The van der Waals surface area contributed by atoms with Gasteiger partial charge >= 0.3 is 11.9 Å². The molecule has 1 heterocycles. The molecule has 0 aliphatic heterocycles. The number of alkyl halides is 2. The largest absolute Gasteiger partial charge is 0.480 e. The van der Waals surface area contributed by atoms with E-state index in [4.69, 9.17) is 9.47 Å². The normalized spacial score (nSPS) is 11.0. The van der Waals surface area contributed by atoms with Crippen LogP contribution in [0.3, 0.4) is 0 Å². The van der Waals surface area contributed by atoms with Crippen molar-refractivity contribution in [3.8, 4) is 17.5 Å². The van der Waals surface area contributed by atoms with Crippen LogP contribution in [0.2, 0.25) is 0 Å². The zero-order chi connectivity index (χ0) is 17.0. The first-order valence-corrected chi connectivity index (χ1v) is 6.52. The molecule has 0 aliphatic carbocycles. The zero-order valence-corrected chi connectivity index (χ0v) is 12.7. The summed E-state index contributed by atoms with van der Waals surface area (Å²) in [6.07, 6.45) is 0. The molecule has 0 atom stereocenters. The van der Waals surface area contributed by atoms with Crippen LogP contribution >= 0.6 is 0 Å². The smallest absolute Gasteiger partial charge is 0.349 e. The zero-order valence-electron chi connectivity index (χ0n) is 12.7. The quantitative estimate of drug-likeness (QED) is 0.787. The summed E-state index contributed by atoms with van der Waals surface area (Å²) in [4.78, 5) is 19.1. The standard InChI is InChI=1S/C15H14F2N2O4/c1-15(16,17)14-18-11(21-2)10(13(20)22-3)12(19-14)23-9-7-5-4-6-8-9/h4-8H,1-3H3. The van der Waals surface area contributed by atoms with E-state index in [2.05, 4.69) is 14.7 Å². The molecule has 0 unspecified atom stereocenters. The molecule has 0 bridgehead atoms. The summed E-state index contributed by atoms with van der Waals surface area (Å²) in [6, 6.07) is 8.28. The van der Waals surface area contributed by atoms with E-state index < -0.39 is 17.7 Å². The number of para-hydroxylation sites is 1. The van der Waals surface area contributed by atoms with Gasteiger partial charge in [0.05, 0.1) is 14.2 Å². The van der Waals surface area contributed by atoms with Gasteiger partial charge in [0.2, 0.25) is 17.6 Å². The number of carbonyl (C=O) groups is 1. The fourth-order valence-corrected chi connectivity index (χ4v) is 1.72. The van der Waals surface area contributed by atoms with Gasteiger partial charge in [-0.3, -0.25) is 0 Å². The number of nitrogens with zero attached hydrogens (tertiary/aromatic N) is 2. The number of methoxy groups -OCH3 is 2. The molecule has 0 fully saturated rings. The fourth-order valence-electron chi connectivity index (χ4n) is 1.72. The molecular weight excluding hydrogens is 310 g/mol. The van der Waals surface area contributed by atoms with Crippen molar-refractivity contribution in [2.24, 2.45) is 0 Å². The van der Waals surface area contributed by atoms with Crippen molar-refractivity contribution in [3.63, 3.8) is 0 Å². The summed E-state index contributed by atoms with van der Waals surface area (Å²) in [5, 5.41) is 0. The van der Waals surface area contributed by atoms with E-state index in [1.54, 1.807) is 30.3 Å². The van der Waals surface area contributed by atoms with Crippen molar-refractivity contribution in [1.82, 2.24) is 9.97 Å². The topological polar surface area (TPSA) is 70.5 Å². The number of carbonyl (C=O) groups excluding carboxylic acids is 1. The van der Waals surface area contributed by atoms with E-state index in [9.17, 15) is 13.6 Å². The maximum atomic E-state index is 13.6. The molecule has 1 aromatic heterocycles. The lowest BCUT2D eigenvalue weighted by Gasteiger charge is -2.15. The van der Waals surface area contributed by atoms with E-state index in [0.717, 1.165) is 7.11 Å². The fraction of sp³-hybridized carbons (Fsp3) is 0.267. The van der Waals surface area contributed by atoms with Gasteiger partial charge in [-0.15, -0.1) is 0 Å². The Bertz CT molecular complexity index is 703. The Hall–Kier alpha value is -2.77. The van der Waals surface area contributed by atoms with Gasteiger partial charge in [-0.05, 0) is 12.1 Å². The third-order valence-corrected chi connectivity index (χ3v) is 2.78. The Balaban J connectivity index is 2.61. The molecule has 6 nitrogen and oxygen atoms in total. The van der Waals surface area contributed by atoms with Gasteiger partial charge in [0, 0.05) is 6.92 Å². The minimum Gasteiger partial charge on any atom is -0.480 e. The Morgan fingerprint density at radius 2 is 1.70 bits per heavy atom. The van der Waals surface area contributed by atoms with Crippen LogP contribution in [0.1, 0.15) is 23.1 Å². The summed E-state index contributed by atoms with van der Waals surface area (Å²) < 4.78 is 42.1. The number of rotatable bonds is 5. The molecule has 0 saturated heterocycles. The molecule has 0 spiro atoms. The molecule has 1 aromatic carbocycles. The van der Waals surface area contributed by atoms with Crippen molar-refractivity contribution in [2.45, 2.75) is 12.8 Å². The summed E-state index contributed by atoms with van der Waals surface area (Å²) >= 11 is 0. The lowest BCUT2D eigenvalue weighted by atomic mass is 10.2. The van der Waals surface area contributed by atoms with Gasteiger partial charge in [0.25, 0.3) is 0 Å². The molecule has 2 rings (SSSR count). The monoisotopic (exact) mass is 324 g/mol. The van der Waals surface area contributed by atoms with E-state index in [1.807, 2.05) is 0 Å². The van der Waals surface area contributed by atoms with E-state index in [1.165, 1.54) is 7.11 Å². The van der Waals surface area contributed by atoms with Crippen LogP contribution < -0.4 is 9.47 Å². The highest BCUT2D eigenvalue weighted by Crippen LogP contribution is 2.34. The minimum atomic E-state index is -3.34. The van der Waals surface area contributed by atoms with Crippen LogP contribution in [0.5, 0.6) is 17.5 Å². The Morgan fingerprint density at radius 3 is 2.22 bits per heavy atom. The maximum Gasteiger partial charge on any atom is 0.349 e. The van der Waals surface area contributed by atoms with Crippen molar-refractivity contribution in [3.05, 3.63) is 41.7 Å². The number of aromatic nitrogens is 2. The Morgan fingerprint density at radius 1 is 1.09 bits per heavy atom. The van der Waals surface area contributed by atoms with E-state index in [0.29, 0.717) is 12.7 Å². The second-order valence-electron chi connectivity index (χ2n) is 4.53. The summed E-state index contributed by atoms with van der Waals surface area (Å²) in [5.41, 5.74) is -0.271. The lowest BCUT2D eigenvalue weighted by Crippen LogP contribution is -2.17. The highest BCUT2D eigenvalue weighted by atomic mass is 19.3. The van der Waals surface area contributed by atoms with Gasteiger partial charge in [-0.1, -0.05) is 18.2 Å². The number of benzene rings is 1. The minimum absolute atomic E-state index is 0.271. The molecule has 0 aliphatic rings. The second-order valence-corrected chi connectivity index (χ2v) is 4.53. The van der Waals surface area contributed by atoms with E-state index >= 15 is 0 Å². The molecule has 0 amide bonds. The molecule has 0 N–H and O–H groups in total. The van der Waals surface area contributed by atoms with Crippen molar-refractivity contribution in [1.29, 1.82) is 0 Å². The number of ether oxygens (including phenoxy) is 3. The maximum absolute atomic E-state index is 13.6. The van der Waals surface area contributed by atoms with Gasteiger partial charge in [-0.2, -0.15) is 18.7 Å². The second kappa shape index (κ2) is 6.55.